The van der Waals surface area contributed by atoms with Gasteiger partial charge < -0.3 is 10.4 Å². The number of nitrogens with one attached hydrogen (secondary N) is 1. The normalized spacial score (nSPS) is 17.6. The SMILES string of the molecule is CC(C(=O)Nc1nc(-c2ccc(F)cc2)cs1)N1CCC(O)CC1. The highest BCUT2D eigenvalue weighted by Crippen LogP contribution is 2.25. The highest BCUT2D eigenvalue weighted by molar-refractivity contribution is 7.14. The molecule has 0 radical (unpaired) electrons. The predicted molar refractivity (Wildman–Crippen MR) is 92.4 cm³/mol. The fourth-order valence-electron chi connectivity index (χ4n) is 2.73. The first-order valence-electron chi connectivity index (χ1n) is 7.97. The van der Waals surface area contributed by atoms with Gasteiger partial charge in [0.1, 0.15) is 5.82 Å². The zero-order valence-electron chi connectivity index (χ0n) is 13.4. The first kappa shape index (κ1) is 17.0. The summed E-state index contributed by atoms with van der Waals surface area (Å²) in [6, 6.07) is 5.84. The molecule has 1 saturated heterocycles. The third kappa shape index (κ3) is 3.98. The third-order valence-electron chi connectivity index (χ3n) is 4.30. The monoisotopic (exact) mass is 349 g/mol. The summed E-state index contributed by atoms with van der Waals surface area (Å²) in [4.78, 5) is 18.8. The molecule has 2 heterocycles. The Labute approximate surface area is 144 Å². The van der Waals surface area contributed by atoms with Crippen molar-refractivity contribution in [1.29, 1.82) is 0 Å². The number of halogens is 1. The van der Waals surface area contributed by atoms with E-state index < -0.39 is 0 Å². The second-order valence-electron chi connectivity index (χ2n) is 5.98. The quantitative estimate of drug-likeness (QED) is 0.891. The van der Waals surface area contributed by atoms with E-state index in [9.17, 15) is 14.3 Å². The predicted octanol–water partition coefficient (Wildman–Crippen LogP) is 2.73. The summed E-state index contributed by atoms with van der Waals surface area (Å²) in [6.45, 7) is 3.30. The molecular weight excluding hydrogens is 329 g/mol. The van der Waals surface area contributed by atoms with Crippen molar-refractivity contribution in [3.63, 3.8) is 0 Å². The summed E-state index contributed by atoms with van der Waals surface area (Å²) in [5.74, 6) is -0.394. The number of piperidine rings is 1. The number of anilines is 1. The lowest BCUT2D eigenvalue weighted by Crippen LogP contribution is -2.47. The lowest BCUT2D eigenvalue weighted by atomic mass is 10.1. The molecule has 5 nitrogen and oxygen atoms in total. The Morgan fingerprint density at radius 1 is 1.38 bits per heavy atom. The van der Waals surface area contributed by atoms with E-state index in [-0.39, 0.29) is 23.9 Å². The van der Waals surface area contributed by atoms with Crippen molar-refractivity contribution in [2.24, 2.45) is 0 Å². The minimum absolute atomic E-state index is 0.105. The van der Waals surface area contributed by atoms with Crippen LogP contribution in [0.2, 0.25) is 0 Å². The van der Waals surface area contributed by atoms with Crippen LogP contribution in [0.1, 0.15) is 19.8 Å². The van der Waals surface area contributed by atoms with Crippen LogP contribution in [0.5, 0.6) is 0 Å². The minimum Gasteiger partial charge on any atom is -0.393 e. The topological polar surface area (TPSA) is 65.5 Å². The molecule has 1 atom stereocenters. The summed E-state index contributed by atoms with van der Waals surface area (Å²) in [5.41, 5.74) is 1.52. The molecule has 128 valence electrons. The number of carbonyl (C=O) groups excluding carboxylic acids is 1. The molecule has 2 N–H and O–H groups in total. The number of rotatable bonds is 4. The number of nitrogens with zero attached hydrogens (tertiary/aromatic N) is 2. The Bertz CT molecular complexity index is 696. The van der Waals surface area contributed by atoms with Gasteiger partial charge in [-0.15, -0.1) is 11.3 Å². The number of benzene rings is 1. The Morgan fingerprint density at radius 2 is 2.04 bits per heavy atom. The van der Waals surface area contributed by atoms with Crippen LogP contribution in [0.3, 0.4) is 0 Å². The molecule has 3 rings (SSSR count). The average Bonchev–Trinajstić information content (AvgIpc) is 3.04. The Hall–Kier alpha value is -1.83. The maximum Gasteiger partial charge on any atom is 0.243 e. The molecule has 7 heteroatoms. The molecule has 24 heavy (non-hydrogen) atoms. The minimum atomic E-state index is -0.289. The molecule has 1 aromatic heterocycles. The number of hydrogen-bond donors (Lipinski definition) is 2. The van der Waals surface area contributed by atoms with Gasteiger partial charge in [0, 0.05) is 24.0 Å². The summed E-state index contributed by atoms with van der Waals surface area (Å²) in [6.07, 6.45) is 1.14. The smallest absolute Gasteiger partial charge is 0.243 e. The van der Waals surface area contributed by atoms with Crippen molar-refractivity contribution >= 4 is 22.4 Å². The summed E-state index contributed by atoms with van der Waals surface area (Å²) in [7, 11) is 0. The van der Waals surface area contributed by atoms with Crippen LogP contribution < -0.4 is 5.32 Å². The molecule has 0 aliphatic carbocycles. The molecule has 1 unspecified atom stereocenters. The fourth-order valence-corrected chi connectivity index (χ4v) is 3.46. The van der Waals surface area contributed by atoms with E-state index >= 15 is 0 Å². The Balaban J connectivity index is 1.61. The zero-order valence-corrected chi connectivity index (χ0v) is 14.2. The van der Waals surface area contributed by atoms with E-state index in [0.717, 1.165) is 5.56 Å². The molecule has 0 saturated carbocycles. The van der Waals surface area contributed by atoms with E-state index in [1.165, 1.54) is 23.5 Å². The second-order valence-corrected chi connectivity index (χ2v) is 6.84. The number of aromatic nitrogens is 1. The van der Waals surface area contributed by atoms with Crippen LogP contribution in [0.15, 0.2) is 29.6 Å². The number of thiazole rings is 1. The largest absolute Gasteiger partial charge is 0.393 e. The van der Waals surface area contributed by atoms with Crippen molar-refractivity contribution in [2.45, 2.75) is 31.9 Å². The first-order valence-corrected chi connectivity index (χ1v) is 8.85. The third-order valence-corrected chi connectivity index (χ3v) is 5.06. The van der Waals surface area contributed by atoms with E-state index in [1.54, 1.807) is 12.1 Å². The van der Waals surface area contributed by atoms with Crippen molar-refractivity contribution in [2.75, 3.05) is 18.4 Å². The Morgan fingerprint density at radius 3 is 2.71 bits per heavy atom. The van der Waals surface area contributed by atoms with Gasteiger partial charge in [-0.3, -0.25) is 9.69 Å². The number of carbonyl (C=O) groups is 1. The number of hydrogen-bond acceptors (Lipinski definition) is 5. The first-order chi connectivity index (χ1) is 11.5. The van der Waals surface area contributed by atoms with Crippen LogP contribution in [-0.4, -0.2) is 46.1 Å². The van der Waals surface area contributed by atoms with Crippen molar-refractivity contribution in [3.8, 4) is 11.3 Å². The molecule has 1 aliphatic rings. The van der Waals surface area contributed by atoms with Gasteiger partial charge in [0.2, 0.25) is 5.91 Å². The standard InChI is InChI=1S/C17H20FN3O2S/c1-11(21-8-6-14(22)7-9-21)16(23)20-17-19-15(10-24-17)12-2-4-13(18)5-3-12/h2-5,10-11,14,22H,6-9H2,1H3,(H,19,20,23). The van der Waals surface area contributed by atoms with Gasteiger partial charge in [-0.05, 0) is 44.0 Å². The van der Waals surface area contributed by atoms with Crippen LogP contribution in [0.4, 0.5) is 9.52 Å². The number of likely N-dealkylation sites (tertiary alicyclic amines) is 1. The van der Waals surface area contributed by atoms with E-state index in [2.05, 4.69) is 15.2 Å². The van der Waals surface area contributed by atoms with Crippen molar-refractivity contribution in [3.05, 3.63) is 35.5 Å². The highest BCUT2D eigenvalue weighted by Gasteiger charge is 2.26. The second kappa shape index (κ2) is 7.38. The van der Waals surface area contributed by atoms with Crippen molar-refractivity contribution < 1.29 is 14.3 Å². The van der Waals surface area contributed by atoms with Crippen LogP contribution in [0, 0.1) is 5.82 Å². The Kier molecular flexibility index (Phi) is 5.23. The van der Waals surface area contributed by atoms with Gasteiger partial charge in [-0.2, -0.15) is 0 Å². The van der Waals surface area contributed by atoms with E-state index in [1.807, 2.05) is 12.3 Å². The van der Waals surface area contributed by atoms with Crippen molar-refractivity contribution in [1.82, 2.24) is 9.88 Å². The maximum atomic E-state index is 13.0. The summed E-state index contributed by atoms with van der Waals surface area (Å²) in [5, 5.41) is 14.8. The molecule has 1 aliphatic heterocycles. The highest BCUT2D eigenvalue weighted by atomic mass is 32.1. The lowest BCUT2D eigenvalue weighted by Gasteiger charge is -2.33. The van der Waals surface area contributed by atoms with Gasteiger partial charge in [0.15, 0.2) is 5.13 Å². The number of aliphatic hydroxyl groups is 1. The average molecular weight is 349 g/mol. The molecule has 1 fully saturated rings. The molecule has 0 bridgehead atoms. The lowest BCUT2D eigenvalue weighted by molar-refractivity contribution is -0.121. The van der Waals surface area contributed by atoms with Gasteiger partial charge in [-0.25, -0.2) is 9.37 Å². The van der Waals surface area contributed by atoms with E-state index in [4.69, 9.17) is 0 Å². The van der Waals surface area contributed by atoms with Crippen LogP contribution in [0.25, 0.3) is 11.3 Å². The van der Waals surface area contributed by atoms with Gasteiger partial charge in [-0.1, -0.05) is 0 Å². The van der Waals surface area contributed by atoms with Crippen LogP contribution in [-0.2, 0) is 4.79 Å². The number of aliphatic hydroxyl groups excluding tert-OH is 1. The molecule has 1 aromatic carbocycles. The summed E-state index contributed by atoms with van der Waals surface area (Å²) < 4.78 is 13.0. The van der Waals surface area contributed by atoms with Gasteiger partial charge >= 0.3 is 0 Å². The molecule has 1 amide bonds. The zero-order chi connectivity index (χ0) is 17.1. The summed E-state index contributed by atoms with van der Waals surface area (Å²) >= 11 is 1.35. The number of amides is 1. The van der Waals surface area contributed by atoms with Crippen LogP contribution >= 0.6 is 11.3 Å². The molecule has 0 spiro atoms. The maximum absolute atomic E-state index is 13.0. The molecule has 2 aromatic rings. The van der Waals surface area contributed by atoms with E-state index in [0.29, 0.717) is 36.8 Å². The molecular formula is C17H20FN3O2S. The van der Waals surface area contributed by atoms with Gasteiger partial charge in [0.25, 0.3) is 0 Å². The fraction of sp³-hybridized carbons (Fsp3) is 0.412. The van der Waals surface area contributed by atoms with Gasteiger partial charge in [0.05, 0.1) is 17.8 Å².